The smallest absolute Gasteiger partial charge is 0.343 e. The van der Waals surface area contributed by atoms with E-state index in [1.54, 1.807) is 0 Å². The van der Waals surface area contributed by atoms with Crippen molar-refractivity contribution >= 4 is 35.4 Å². The first-order valence-electron chi connectivity index (χ1n) is 15.6. The van der Waals surface area contributed by atoms with E-state index in [0.717, 1.165) is 12.3 Å². The van der Waals surface area contributed by atoms with Crippen molar-refractivity contribution in [3.8, 4) is 0 Å². The summed E-state index contributed by atoms with van der Waals surface area (Å²) in [4.78, 5) is 0. The van der Waals surface area contributed by atoms with Gasteiger partial charge in [0.05, 0.1) is 0 Å². The molecule has 0 aromatic heterocycles. The first-order valence-corrected chi connectivity index (χ1v) is 25.9. The van der Waals surface area contributed by atoms with Crippen LogP contribution in [0.25, 0.3) is 0 Å². The van der Waals surface area contributed by atoms with E-state index in [0.29, 0.717) is 0 Å². The van der Waals surface area contributed by atoms with Crippen molar-refractivity contribution < 1.29 is 19.5 Å². The Morgan fingerprint density at radius 3 is 1.31 bits per heavy atom. The minimum Gasteiger partial charge on any atom is -0.343 e. The molecule has 0 aromatic carbocycles. The minimum atomic E-state index is -0.726. The molecule has 0 fully saturated rings. The van der Waals surface area contributed by atoms with Crippen molar-refractivity contribution in [2.45, 2.75) is 189 Å². The van der Waals surface area contributed by atoms with Gasteiger partial charge in [-0.15, -0.1) is 21.8 Å². The zero-order chi connectivity index (χ0) is 28.0. The van der Waals surface area contributed by atoms with E-state index >= 15 is 0 Å². The summed E-state index contributed by atoms with van der Waals surface area (Å²) in [6, 6.07) is 1.53. The quantitative estimate of drug-likeness (QED) is 0.0438. The van der Waals surface area contributed by atoms with Gasteiger partial charge >= 0.3 is 19.5 Å². The Hall–Kier alpha value is 1.79. The summed E-state index contributed by atoms with van der Waals surface area (Å²) < 4.78 is 0. The standard InChI is InChI=1S/C11H26Si.C10H21.C8H17.C3H9ISi.Zn/c1-5-6-7-8-9-10-11-12(2,3)4;1-4-6-7-8-9-10(3)5-2;1-3-5-7-8-6-4-2;1-5(2,3)4;/h5-11H2,1-4H3;5,10H,4,6-9H2,1-3H3;1,3-8H2,2H3;1-3H3;/q;2*-1;;+2. The van der Waals surface area contributed by atoms with Crippen LogP contribution in [0.2, 0.25) is 45.3 Å². The van der Waals surface area contributed by atoms with Crippen LogP contribution >= 0.6 is 21.8 Å². The van der Waals surface area contributed by atoms with Crippen LogP contribution in [0.15, 0.2) is 0 Å². The van der Waals surface area contributed by atoms with Gasteiger partial charge in [-0.3, -0.25) is 0 Å². The molecule has 0 nitrogen and oxygen atoms in total. The molecule has 0 spiro atoms. The summed E-state index contributed by atoms with van der Waals surface area (Å²) in [5.41, 5.74) is -0.641. The van der Waals surface area contributed by atoms with E-state index in [1.807, 2.05) is 0 Å². The van der Waals surface area contributed by atoms with Crippen LogP contribution in [0.3, 0.4) is 0 Å². The molecule has 0 heterocycles. The van der Waals surface area contributed by atoms with E-state index in [-0.39, 0.29) is 19.5 Å². The number of unbranched alkanes of at least 4 members (excludes halogenated alkanes) is 13. The Morgan fingerprint density at radius 2 is 0.972 bits per heavy atom. The van der Waals surface area contributed by atoms with Gasteiger partial charge in [0.1, 0.15) is 5.57 Å². The van der Waals surface area contributed by atoms with Gasteiger partial charge in [0.25, 0.3) is 0 Å². The first-order chi connectivity index (χ1) is 16.3. The zero-order valence-corrected chi connectivity index (χ0v) is 34.8. The molecule has 0 aliphatic rings. The molecule has 0 saturated heterocycles. The Morgan fingerprint density at radius 1 is 0.639 bits per heavy atom. The molecule has 0 rings (SSSR count). The maximum Gasteiger partial charge on any atom is 2.00 e. The third kappa shape index (κ3) is 76.5. The van der Waals surface area contributed by atoms with Gasteiger partial charge in [0.15, 0.2) is 0 Å². The van der Waals surface area contributed by atoms with Crippen molar-refractivity contribution in [1.29, 1.82) is 0 Å². The molecule has 0 saturated carbocycles. The SMILES string of the molecule is CCCCCCCC[Si](C)(C)C.C[CH-]C(C)CCCCCC.C[Si](C)(C)I.[CH2-]CCCCCCC.[Zn+2]. The molecule has 0 amide bonds. The molecular formula is C32H73ISi2Zn. The average Bonchev–Trinajstić information content (AvgIpc) is 2.76. The minimum absolute atomic E-state index is 0. The van der Waals surface area contributed by atoms with Gasteiger partial charge in [-0.05, 0) is 0 Å². The van der Waals surface area contributed by atoms with Crippen LogP contribution in [-0.4, -0.2) is 13.6 Å². The Labute approximate surface area is 261 Å². The van der Waals surface area contributed by atoms with Crippen LogP contribution in [-0.2, 0) is 19.5 Å². The third-order valence-corrected chi connectivity index (χ3v) is 7.57. The number of halogens is 1. The average molecular weight is 706 g/mol. The summed E-state index contributed by atoms with van der Waals surface area (Å²) in [5, 5.41) is 0. The van der Waals surface area contributed by atoms with Crippen LogP contribution in [0.5, 0.6) is 0 Å². The molecule has 36 heavy (non-hydrogen) atoms. The predicted molar refractivity (Wildman–Crippen MR) is 186 cm³/mol. The monoisotopic (exact) mass is 704 g/mol. The summed E-state index contributed by atoms with van der Waals surface area (Å²) in [6.45, 7) is 29.4. The largest absolute Gasteiger partial charge is 2.00 e. The molecule has 4 heteroatoms. The molecule has 218 valence electrons. The van der Waals surface area contributed by atoms with Gasteiger partial charge in [0.2, 0.25) is 0 Å². The predicted octanol–water partition coefficient (Wildman–Crippen LogP) is 13.9. The van der Waals surface area contributed by atoms with Crippen LogP contribution < -0.4 is 0 Å². The fourth-order valence-corrected chi connectivity index (χ4v) is 4.59. The maximum absolute atomic E-state index is 3.78. The maximum atomic E-state index is 3.78. The second-order valence-corrected chi connectivity index (χ2v) is 32.0. The Balaban J connectivity index is -0.000000122. The summed E-state index contributed by atoms with van der Waals surface area (Å²) in [5.74, 6) is 0.830. The molecule has 1 unspecified atom stereocenters. The van der Waals surface area contributed by atoms with E-state index in [4.69, 9.17) is 0 Å². The number of rotatable bonds is 18. The van der Waals surface area contributed by atoms with Crippen molar-refractivity contribution in [3.05, 3.63) is 13.3 Å². The Kier molecular flexibility index (Phi) is 48.6. The molecule has 0 aliphatic carbocycles. The summed E-state index contributed by atoms with van der Waals surface area (Å²) >= 11 is 2.52. The van der Waals surface area contributed by atoms with E-state index in [9.17, 15) is 0 Å². The molecule has 1 atom stereocenters. The molecule has 0 N–H and O–H groups in total. The van der Waals surface area contributed by atoms with Crippen LogP contribution in [0.1, 0.15) is 144 Å². The van der Waals surface area contributed by atoms with E-state index < -0.39 is 13.6 Å². The van der Waals surface area contributed by atoms with Crippen molar-refractivity contribution in [2.24, 2.45) is 5.92 Å². The van der Waals surface area contributed by atoms with Gasteiger partial charge in [-0.1, -0.05) is 176 Å². The van der Waals surface area contributed by atoms with Crippen molar-refractivity contribution in [1.82, 2.24) is 0 Å². The van der Waals surface area contributed by atoms with Crippen molar-refractivity contribution in [3.63, 3.8) is 0 Å². The molecule has 0 aromatic rings. The molecular weight excluding hydrogens is 633 g/mol. The van der Waals surface area contributed by atoms with Crippen molar-refractivity contribution in [2.75, 3.05) is 0 Å². The fourth-order valence-electron chi connectivity index (χ4n) is 3.28. The second-order valence-electron chi connectivity index (χ2n) is 12.6. The van der Waals surface area contributed by atoms with Crippen LogP contribution in [0, 0.1) is 19.3 Å². The summed E-state index contributed by atoms with van der Waals surface area (Å²) in [7, 11) is -0.726. The van der Waals surface area contributed by atoms with Gasteiger partial charge < -0.3 is 13.3 Å². The molecule has 0 radical (unpaired) electrons. The number of hydrogen-bond donors (Lipinski definition) is 0. The topological polar surface area (TPSA) is 0 Å². The normalized spacial score (nSPS) is 11.6. The fraction of sp³-hybridized carbons (Fsp3) is 0.938. The third-order valence-electron chi connectivity index (χ3n) is 5.72. The van der Waals surface area contributed by atoms with E-state index in [2.05, 4.69) is 109 Å². The molecule has 0 bridgehead atoms. The molecule has 0 aliphatic heterocycles. The second kappa shape index (κ2) is 36.8. The number of hydrogen-bond acceptors (Lipinski definition) is 0. The van der Waals surface area contributed by atoms with Crippen LogP contribution in [0.4, 0.5) is 0 Å². The Bertz CT molecular complexity index is 339. The summed E-state index contributed by atoms with van der Waals surface area (Å²) in [6.07, 6.45) is 26.0. The van der Waals surface area contributed by atoms with Gasteiger partial charge in [-0.25, -0.2) is 0 Å². The first kappa shape index (κ1) is 47.6. The van der Waals surface area contributed by atoms with Gasteiger partial charge in [0, 0.05) is 8.07 Å². The zero-order valence-electron chi connectivity index (χ0n) is 27.7. The van der Waals surface area contributed by atoms with Gasteiger partial charge in [-0.2, -0.15) is 19.3 Å². The van der Waals surface area contributed by atoms with E-state index in [1.165, 1.54) is 109 Å².